The average molecular weight is 354 g/mol. The lowest BCUT2D eigenvalue weighted by Crippen LogP contribution is -2.29. The smallest absolute Gasteiger partial charge is 0.213 e. The molecule has 0 aliphatic carbocycles. The first-order valence-corrected chi connectivity index (χ1v) is 8.10. The van der Waals surface area contributed by atoms with E-state index in [9.17, 15) is 8.78 Å². The van der Waals surface area contributed by atoms with E-state index in [0.29, 0.717) is 36.5 Å². The molecule has 0 aromatic carbocycles. The van der Waals surface area contributed by atoms with Crippen molar-refractivity contribution in [2.75, 3.05) is 18.9 Å². The topological polar surface area (TPSA) is 61.0 Å². The average Bonchev–Trinajstić information content (AvgIpc) is 2.53. The molecule has 3 heterocycles. The lowest BCUT2D eigenvalue weighted by Gasteiger charge is -2.34. The highest BCUT2D eigenvalue weighted by Crippen LogP contribution is 2.38. The third-order valence-electron chi connectivity index (χ3n) is 4.48. The molecule has 0 spiro atoms. The summed E-state index contributed by atoms with van der Waals surface area (Å²) in [5, 5.41) is 0.244. The van der Waals surface area contributed by atoms with Gasteiger partial charge < -0.3 is 10.5 Å². The lowest BCUT2D eigenvalue weighted by molar-refractivity contribution is 0.0241. The third-order valence-corrected chi connectivity index (χ3v) is 4.78. The molecule has 0 atom stereocenters. The van der Waals surface area contributed by atoms with Gasteiger partial charge in [0.05, 0.1) is 10.7 Å². The van der Waals surface area contributed by atoms with E-state index in [0.717, 1.165) is 12.8 Å². The van der Waals surface area contributed by atoms with Gasteiger partial charge in [0.25, 0.3) is 0 Å². The first kappa shape index (κ1) is 17.0. The molecule has 3 rings (SSSR count). The minimum Gasteiger partial charge on any atom is -0.381 e. The Bertz CT molecular complexity index is 764. The Morgan fingerprint density at radius 3 is 2.71 bits per heavy atom. The molecule has 0 saturated carbocycles. The monoisotopic (exact) mass is 353 g/mol. The molecule has 1 saturated heterocycles. The van der Waals surface area contributed by atoms with E-state index in [2.05, 4.69) is 16.9 Å². The molecule has 2 aromatic heterocycles. The molecule has 1 aliphatic rings. The van der Waals surface area contributed by atoms with Crippen molar-refractivity contribution in [1.29, 1.82) is 0 Å². The van der Waals surface area contributed by atoms with Gasteiger partial charge in [-0.25, -0.2) is 14.4 Å². The normalized spacial score (nSPS) is 17.0. The second-order valence-electron chi connectivity index (χ2n) is 6.45. The van der Waals surface area contributed by atoms with Crippen molar-refractivity contribution in [3.8, 4) is 11.3 Å². The van der Waals surface area contributed by atoms with Crippen LogP contribution >= 0.6 is 11.6 Å². The molecule has 0 radical (unpaired) electrons. The third kappa shape index (κ3) is 3.49. The Kier molecular flexibility index (Phi) is 4.69. The zero-order valence-corrected chi connectivity index (χ0v) is 14.0. The van der Waals surface area contributed by atoms with E-state index >= 15 is 0 Å². The van der Waals surface area contributed by atoms with Crippen LogP contribution in [0.5, 0.6) is 0 Å². The summed E-state index contributed by atoms with van der Waals surface area (Å²) in [5.41, 5.74) is 6.99. The first-order valence-electron chi connectivity index (χ1n) is 7.72. The van der Waals surface area contributed by atoms with Gasteiger partial charge in [-0.1, -0.05) is 18.5 Å². The van der Waals surface area contributed by atoms with Crippen LogP contribution in [0.4, 0.5) is 14.6 Å². The second-order valence-corrected chi connectivity index (χ2v) is 6.86. The molecular formula is C17H18ClF2N3O. The summed E-state index contributed by atoms with van der Waals surface area (Å²) in [6.45, 7) is 3.46. The van der Waals surface area contributed by atoms with E-state index in [1.54, 1.807) is 0 Å². The predicted molar refractivity (Wildman–Crippen MR) is 88.7 cm³/mol. The summed E-state index contributed by atoms with van der Waals surface area (Å²) < 4.78 is 33.0. The van der Waals surface area contributed by atoms with Crippen molar-refractivity contribution in [3.63, 3.8) is 0 Å². The SMILES string of the molecule is CC1(Cc2cc(F)c(N)nc2-c2cc(F)ncc2Cl)CCOCC1. The van der Waals surface area contributed by atoms with Crippen molar-refractivity contribution in [1.82, 2.24) is 9.97 Å². The molecular weight excluding hydrogens is 336 g/mol. The van der Waals surface area contributed by atoms with Crippen molar-refractivity contribution in [2.24, 2.45) is 5.41 Å². The summed E-state index contributed by atoms with van der Waals surface area (Å²) in [4.78, 5) is 7.65. The highest BCUT2D eigenvalue weighted by atomic mass is 35.5. The Morgan fingerprint density at radius 2 is 2.00 bits per heavy atom. The van der Waals surface area contributed by atoms with Crippen molar-refractivity contribution >= 4 is 17.4 Å². The maximum atomic E-state index is 14.0. The molecule has 1 aliphatic heterocycles. The molecule has 2 aromatic rings. The number of hydrogen-bond acceptors (Lipinski definition) is 4. The fourth-order valence-corrected chi connectivity index (χ4v) is 3.20. The van der Waals surface area contributed by atoms with Crippen LogP contribution in [-0.2, 0) is 11.2 Å². The molecule has 7 heteroatoms. The molecule has 0 amide bonds. The van der Waals surface area contributed by atoms with Crippen LogP contribution in [0.15, 0.2) is 18.3 Å². The highest BCUT2D eigenvalue weighted by molar-refractivity contribution is 6.33. The number of anilines is 1. The molecule has 1 fully saturated rings. The quantitative estimate of drug-likeness (QED) is 0.847. The Hall–Kier alpha value is -1.79. The lowest BCUT2D eigenvalue weighted by atomic mass is 9.76. The van der Waals surface area contributed by atoms with Crippen LogP contribution in [-0.4, -0.2) is 23.2 Å². The van der Waals surface area contributed by atoms with E-state index < -0.39 is 11.8 Å². The van der Waals surface area contributed by atoms with Gasteiger partial charge in [-0.05, 0) is 36.3 Å². The number of nitrogen functional groups attached to an aromatic ring is 1. The van der Waals surface area contributed by atoms with Crippen LogP contribution in [0.2, 0.25) is 5.02 Å². The van der Waals surface area contributed by atoms with Gasteiger partial charge in [0.15, 0.2) is 11.6 Å². The van der Waals surface area contributed by atoms with Crippen LogP contribution < -0.4 is 5.73 Å². The van der Waals surface area contributed by atoms with Crippen molar-refractivity contribution in [2.45, 2.75) is 26.2 Å². The van der Waals surface area contributed by atoms with E-state index in [-0.39, 0.29) is 16.3 Å². The second kappa shape index (κ2) is 6.61. The van der Waals surface area contributed by atoms with Gasteiger partial charge in [0.2, 0.25) is 5.95 Å². The van der Waals surface area contributed by atoms with Crippen LogP contribution in [0, 0.1) is 17.2 Å². The van der Waals surface area contributed by atoms with Crippen molar-refractivity contribution in [3.05, 3.63) is 40.7 Å². The maximum absolute atomic E-state index is 14.0. The first-order chi connectivity index (χ1) is 11.4. The Morgan fingerprint density at radius 1 is 1.29 bits per heavy atom. The van der Waals surface area contributed by atoms with Gasteiger partial charge in [-0.2, -0.15) is 4.39 Å². The number of aromatic nitrogens is 2. The molecule has 2 N–H and O–H groups in total. The highest BCUT2D eigenvalue weighted by Gasteiger charge is 2.30. The van der Waals surface area contributed by atoms with E-state index in [1.165, 1.54) is 18.3 Å². The van der Waals surface area contributed by atoms with E-state index in [4.69, 9.17) is 22.1 Å². The number of nitrogens with zero attached hydrogens (tertiary/aromatic N) is 2. The van der Waals surface area contributed by atoms with Gasteiger partial charge in [0.1, 0.15) is 0 Å². The van der Waals surface area contributed by atoms with Crippen molar-refractivity contribution < 1.29 is 13.5 Å². The molecule has 4 nitrogen and oxygen atoms in total. The predicted octanol–water partition coefficient (Wildman–Crippen LogP) is 4.02. The zero-order valence-electron chi connectivity index (χ0n) is 13.3. The minimum absolute atomic E-state index is 0.0463. The Labute approximate surface area is 144 Å². The zero-order chi connectivity index (χ0) is 17.3. The van der Waals surface area contributed by atoms with Gasteiger partial charge in [-0.15, -0.1) is 0 Å². The number of halogens is 3. The molecule has 0 bridgehead atoms. The number of nitrogens with two attached hydrogens (primary N) is 1. The summed E-state index contributed by atoms with van der Waals surface area (Å²) in [6.07, 6.45) is 3.51. The Balaban J connectivity index is 2.08. The fraction of sp³-hybridized carbons (Fsp3) is 0.412. The molecule has 0 unspecified atom stereocenters. The van der Waals surface area contributed by atoms with Crippen LogP contribution in [0.1, 0.15) is 25.3 Å². The standard InChI is InChI=1S/C17H18ClF2N3O/c1-17(2-4-24-5-3-17)8-10-6-13(19)16(21)23-15(10)11-7-14(20)22-9-12(11)18/h6-7,9H,2-5,8H2,1H3,(H2,21,23). The number of hydrogen-bond donors (Lipinski definition) is 1. The number of ether oxygens (including phenoxy) is 1. The van der Waals surface area contributed by atoms with Crippen LogP contribution in [0.25, 0.3) is 11.3 Å². The maximum Gasteiger partial charge on any atom is 0.213 e. The largest absolute Gasteiger partial charge is 0.381 e. The summed E-state index contributed by atoms with van der Waals surface area (Å²) in [6, 6.07) is 2.56. The van der Waals surface area contributed by atoms with E-state index in [1.807, 2.05) is 0 Å². The summed E-state index contributed by atoms with van der Waals surface area (Å²) in [7, 11) is 0. The minimum atomic E-state index is -0.678. The van der Waals surface area contributed by atoms with Gasteiger partial charge >= 0.3 is 0 Å². The molecule has 128 valence electrons. The van der Waals surface area contributed by atoms with Crippen LogP contribution in [0.3, 0.4) is 0 Å². The fourth-order valence-electron chi connectivity index (χ4n) is 3.00. The summed E-state index contributed by atoms with van der Waals surface area (Å²) >= 11 is 6.15. The number of rotatable bonds is 3. The number of pyridine rings is 2. The van der Waals surface area contributed by atoms with Gasteiger partial charge in [-0.3, -0.25) is 0 Å². The summed E-state index contributed by atoms with van der Waals surface area (Å²) in [5.74, 6) is -1.50. The van der Waals surface area contributed by atoms with Gasteiger partial charge in [0, 0.05) is 31.0 Å². The molecule has 24 heavy (non-hydrogen) atoms.